The summed E-state index contributed by atoms with van der Waals surface area (Å²) in [7, 11) is 0. The van der Waals surface area contributed by atoms with Crippen molar-refractivity contribution in [3.63, 3.8) is 0 Å². The van der Waals surface area contributed by atoms with E-state index >= 15 is 0 Å². The van der Waals surface area contributed by atoms with E-state index < -0.39 is 0 Å². The van der Waals surface area contributed by atoms with Gasteiger partial charge in [0.1, 0.15) is 16.5 Å². The van der Waals surface area contributed by atoms with Gasteiger partial charge in [0.15, 0.2) is 0 Å². The van der Waals surface area contributed by atoms with Crippen LogP contribution < -0.4 is 0 Å². The highest BCUT2D eigenvalue weighted by atomic mass is 32.2. The second-order valence-electron chi connectivity index (χ2n) is 4.60. The summed E-state index contributed by atoms with van der Waals surface area (Å²) in [5, 5.41) is -0.0933. The Morgan fingerprint density at radius 2 is 1.95 bits per heavy atom. The van der Waals surface area contributed by atoms with Crippen molar-refractivity contribution in [3.8, 4) is 11.3 Å². The van der Waals surface area contributed by atoms with E-state index in [1.54, 1.807) is 18.4 Å². The van der Waals surface area contributed by atoms with Crippen LogP contribution in [0.25, 0.3) is 17.4 Å². The van der Waals surface area contributed by atoms with Crippen LogP contribution in [0.2, 0.25) is 0 Å². The third-order valence-electron chi connectivity index (χ3n) is 3.08. The molecule has 1 saturated heterocycles. The van der Waals surface area contributed by atoms with Gasteiger partial charge in [0, 0.05) is 11.8 Å². The highest BCUT2D eigenvalue weighted by molar-refractivity contribution is 8.19. The largest absolute Gasteiger partial charge is 0.457 e. The number of amides is 1. The Bertz CT molecular complexity index is 775. The fourth-order valence-corrected chi connectivity index (χ4v) is 3.26. The van der Waals surface area contributed by atoms with Crippen molar-refractivity contribution in [1.82, 2.24) is 4.90 Å². The Kier molecular flexibility index (Phi) is 4.27. The van der Waals surface area contributed by atoms with Crippen molar-refractivity contribution >= 4 is 40.3 Å². The zero-order valence-electron chi connectivity index (χ0n) is 11.9. The summed E-state index contributed by atoms with van der Waals surface area (Å²) in [5.41, 5.74) is 1.01. The number of thioether (sulfide) groups is 1. The molecule has 3 rings (SSSR count). The number of hydrogen-bond donors (Lipinski definition) is 0. The highest BCUT2D eigenvalue weighted by Gasteiger charge is 2.30. The van der Waals surface area contributed by atoms with E-state index in [2.05, 4.69) is 0 Å². The minimum atomic E-state index is -0.0933. The van der Waals surface area contributed by atoms with Crippen molar-refractivity contribution in [2.45, 2.75) is 6.92 Å². The molecule has 1 fully saturated rings. The fourth-order valence-electron chi connectivity index (χ4n) is 2.07. The summed E-state index contributed by atoms with van der Waals surface area (Å²) < 4.78 is 5.81. The number of rotatable bonds is 3. The summed E-state index contributed by atoms with van der Waals surface area (Å²) in [6.45, 7) is 1.85. The minimum Gasteiger partial charge on any atom is -0.457 e. The van der Waals surface area contributed by atoms with E-state index in [0.29, 0.717) is 10.7 Å². The molecule has 0 bridgehead atoms. The van der Waals surface area contributed by atoms with Crippen LogP contribution in [0.1, 0.15) is 12.7 Å². The number of thiocarbonyl (C=S) groups is 1. The molecule has 5 heteroatoms. The molecule has 1 amide bonds. The maximum atomic E-state index is 11.9. The normalized spacial score (nSPS) is 17.1. The van der Waals surface area contributed by atoms with Crippen LogP contribution in [0.5, 0.6) is 0 Å². The molecule has 22 heavy (non-hydrogen) atoms. The van der Waals surface area contributed by atoms with Gasteiger partial charge in [0.25, 0.3) is 5.24 Å². The molecule has 1 aliphatic heterocycles. The van der Waals surface area contributed by atoms with Crippen LogP contribution in [0.4, 0.5) is 4.79 Å². The number of carbonyl (C=O) groups excluding carboxylic acids is 1. The van der Waals surface area contributed by atoms with Crippen LogP contribution in [0, 0.1) is 0 Å². The third kappa shape index (κ3) is 2.91. The first-order valence-electron chi connectivity index (χ1n) is 6.74. The van der Waals surface area contributed by atoms with Gasteiger partial charge in [-0.3, -0.25) is 9.69 Å². The quantitative estimate of drug-likeness (QED) is 0.564. The molecular formula is C17H13NO2S2. The number of benzene rings is 1. The van der Waals surface area contributed by atoms with Crippen LogP contribution in [-0.4, -0.2) is 15.1 Å². The van der Waals surface area contributed by atoms with E-state index in [4.69, 9.17) is 16.6 Å². The second kappa shape index (κ2) is 6.34. The maximum Gasteiger partial charge on any atom is 0.295 e. The number of carbonyl (C=O) groups is 1. The smallest absolute Gasteiger partial charge is 0.295 e. The predicted molar refractivity (Wildman–Crippen MR) is 94.4 cm³/mol. The average Bonchev–Trinajstić information content (AvgIpc) is 3.09. The van der Waals surface area contributed by atoms with E-state index in [-0.39, 0.29) is 5.24 Å². The van der Waals surface area contributed by atoms with Gasteiger partial charge in [0.05, 0.1) is 4.91 Å². The van der Waals surface area contributed by atoms with Gasteiger partial charge in [-0.1, -0.05) is 48.6 Å². The first-order chi connectivity index (χ1) is 10.7. The van der Waals surface area contributed by atoms with Gasteiger partial charge in [-0.25, -0.2) is 0 Å². The summed E-state index contributed by atoms with van der Waals surface area (Å²) in [4.78, 5) is 14.6. The number of nitrogens with zero attached hydrogens (tertiary/aromatic N) is 1. The fraction of sp³-hybridized carbons (Fsp3) is 0.0588. The van der Waals surface area contributed by atoms with E-state index in [9.17, 15) is 4.79 Å². The first kappa shape index (κ1) is 14.8. The molecule has 0 radical (unpaired) electrons. The van der Waals surface area contributed by atoms with Crippen LogP contribution >= 0.6 is 24.0 Å². The number of hydrogen-bond acceptors (Lipinski definition) is 4. The topological polar surface area (TPSA) is 33.5 Å². The standard InChI is InChI=1S/C17H13NO2S2/c1-2-10-18-16(21)15(22-17(18)19)11-13-8-9-14(20-13)12-6-4-3-5-7-12/h2-11H,1H3/b10-2+,15-11+. The van der Waals surface area contributed by atoms with Crippen LogP contribution in [0.3, 0.4) is 0 Å². The Morgan fingerprint density at radius 1 is 1.18 bits per heavy atom. The monoisotopic (exact) mass is 327 g/mol. The molecule has 3 nitrogen and oxygen atoms in total. The Labute approximate surface area is 138 Å². The molecule has 1 aliphatic rings. The zero-order valence-corrected chi connectivity index (χ0v) is 13.5. The maximum absolute atomic E-state index is 11.9. The molecule has 0 spiro atoms. The minimum absolute atomic E-state index is 0.0933. The first-order valence-corrected chi connectivity index (χ1v) is 7.96. The third-order valence-corrected chi connectivity index (χ3v) is 4.53. The lowest BCUT2D eigenvalue weighted by atomic mass is 10.2. The molecule has 0 unspecified atom stereocenters. The van der Waals surface area contributed by atoms with Gasteiger partial charge in [-0.2, -0.15) is 0 Å². The molecule has 0 atom stereocenters. The van der Waals surface area contributed by atoms with Gasteiger partial charge in [0.2, 0.25) is 0 Å². The van der Waals surface area contributed by atoms with Gasteiger partial charge in [-0.05, 0) is 36.9 Å². The van der Waals surface area contributed by atoms with Crippen molar-refractivity contribution in [2.75, 3.05) is 0 Å². The van der Waals surface area contributed by atoms with Crippen molar-refractivity contribution < 1.29 is 9.21 Å². The highest BCUT2D eigenvalue weighted by Crippen LogP contribution is 2.34. The predicted octanol–water partition coefficient (Wildman–Crippen LogP) is 5.32. The number of furan rings is 1. The van der Waals surface area contributed by atoms with Crippen LogP contribution in [0.15, 0.2) is 64.1 Å². The van der Waals surface area contributed by atoms with Crippen molar-refractivity contribution in [2.24, 2.45) is 0 Å². The lowest BCUT2D eigenvalue weighted by molar-refractivity contribution is 0.253. The SMILES string of the molecule is C/C=C/N1C(=O)S/C(=C/c2ccc(-c3ccccc3)o2)C1=S. The lowest BCUT2D eigenvalue weighted by Gasteiger charge is -2.06. The van der Waals surface area contributed by atoms with Gasteiger partial charge in [-0.15, -0.1) is 0 Å². The molecule has 0 aliphatic carbocycles. The second-order valence-corrected chi connectivity index (χ2v) is 5.98. The summed E-state index contributed by atoms with van der Waals surface area (Å²) in [6.07, 6.45) is 5.27. The molecule has 2 heterocycles. The Hall–Kier alpha value is -2.11. The Morgan fingerprint density at radius 3 is 2.68 bits per heavy atom. The summed E-state index contributed by atoms with van der Waals surface area (Å²) in [6, 6.07) is 13.7. The number of allylic oxidation sites excluding steroid dienone is 1. The van der Waals surface area contributed by atoms with E-state index in [1.165, 1.54) is 4.90 Å². The van der Waals surface area contributed by atoms with E-state index in [0.717, 1.165) is 28.0 Å². The molecule has 0 N–H and O–H groups in total. The summed E-state index contributed by atoms with van der Waals surface area (Å²) in [5.74, 6) is 1.47. The molecule has 2 aromatic rings. The lowest BCUT2D eigenvalue weighted by Crippen LogP contribution is -2.19. The van der Waals surface area contributed by atoms with Gasteiger partial charge >= 0.3 is 0 Å². The van der Waals surface area contributed by atoms with Crippen molar-refractivity contribution in [3.05, 3.63) is 65.4 Å². The van der Waals surface area contributed by atoms with Gasteiger partial charge < -0.3 is 4.42 Å². The van der Waals surface area contributed by atoms with Crippen molar-refractivity contribution in [1.29, 1.82) is 0 Å². The molecular weight excluding hydrogens is 314 g/mol. The summed E-state index contributed by atoms with van der Waals surface area (Å²) >= 11 is 6.44. The zero-order chi connectivity index (χ0) is 15.5. The molecule has 1 aromatic carbocycles. The molecule has 110 valence electrons. The molecule has 0 saturated carbocycles. The van der Waals surface area contributed by atoms with Crippen LogP contribution in [-0.2, 0) is 0 Å². The van der Waals surface area contributed by atoms with E-state index in [1.807, 2.05) is 49.4 Å². The average molecular weight is 327 g/mol. The molecule has 1 aromatic heterocycles. The Balaban J connectivity index is 1.86.